The first-order valence-electron chi connectivity index (χ1n) is 7.41. The van der Waals surface area contributed by atoms with Gasteiger partial charge in [-0.2, -0.15) is 0 Å². The van der Waals surface area contributed by atoms with Gasteiger partial charge in [0.2, 0.25) is 0 Å². The molecule has 0 atom stereocenters. The molecule has 5 heteroatoms. The molecule has 0 radical (unpaired) electrons. The third-order valence-electron chi connectivity index (χ3n) is 3.97. The maximum absolute atomic E-state index is 12.9. The van der Waals surface area contributed by atoms with Crippen LogP contribution in [-0.4, -0.2) is 23.6 Å². The summed E-state index contributed by atoms with van der Waals surface area (Å²) in [7, 11) is 1.31. The van der Waals surface area contributed by atoms with E-state index in [0.29, 0.717) is 22.0 Å². The molecule has 0 N–H and O–H groups in total. The molecule has 0 aliphatic carbocycles. The highest BCUT2D eigenvalue weighted by molar-refractivity contribution is 6.09. The van der Waals surface area contributed by atoms with Crippen molar-refractivity contribution in [2.24, 2.45) is 0 Å². The number of rotatable bonds is 2. The lowest BCUT2D eigenvalue weighted by molar-refractivity contribution is 0.0603. The minimum atomic E-state index is -0.484. The van der Waals surface area contributed by atoms with Crippen LogP contribution in [0.3, 0.4) is 0 Å². The molecule has 0 fully saturated rings. The second-order valence-corrected chi connectivity index (χ2v) is 5.38. The first kappa shape index (κ1) is 14.3. The van der Waals surface area contributed by atoms with Crippen LogP contribution in [0.4, 0.5) is 0 Å². The van der Waals surface area contributed by atoms with Crippen molar-refractivity contribution in [2.75, 3.05) is 7.11 Å². The van der Waals surface area contributed by atoms with Gasteiger partial charge in [-0.1, -0.05) is 36.4 Å². The average Bonchev–Trinajstić information content (AvgIpc) is 3.22. The van der Waals surface area contributed by atoms with E-state index < -0.39 is 5.97 Å². The Hall–Kier alpha value is -3.34. The molecular weight excluding hydrogens is 306 g/mol. The minimum Gasteiger partial charge on any atom is -0.465 e. The number of furan rings is 1. The fourth-order valence-electron chi connectivity index (χ4n) is 2.83. The van der Waals surface area contributed by atoms with Crippen molar-refractivity contribution in [1.82, 2.24) is 4.57 Å². The van der Waals surface area contributed by atoms with Crippen molar-refractivity contribution >= 4 is 33.7 Å². The number of ether oxygens (including phenoxy) is 1. The number of hydrogen-bond donors (Lipinski definition) is 0. The molecule has 0 amide bonds. The van der Waals surface area contributed by atoms with Gasteiger partial charge in [0.15, 0.2) is 5.76 Å². The smallest absolute Gasteiger partial charge is 0.340 e. The summed E-state index contributed by atoms with van der Waals surface area (Å²) in [5, 5.41) is 1.51. The molecule has 4 rings (SSSR count). The van der Waals surface area contributed by atoms with Crippen molar-refractivity contribution in [2.45, 2.75) is 0 Å². The summed E-state index contributed by atoms with van der Waals surface area (Å²) in [6, 6.07) is 16.3. The van der Waals surface area contributed by atoms with E-state index >= 15 is 0 Å². The Morgan fingerprint density at radius 2 is 1.79 bits per heavy atom. The summed E-state index contributed by atoms with van der Waals surface area (Å²) in [4.78, 5) is 24.8. The van der Waals surface area contributed by atoms with E-state index in [4.69, 9.17) is 9.15 Å². The Morgan fingerprint density at radius 3 is 2.58 bits per heavy atom. The number of aromatic nitrogens is 1. The maximum Gasteiger partial charge on any atom is 0.340 e. The van der Waals surface area contributed by atoms with Crippen molar-refractivity contribution in [1.29, 1.82) is 0 Å². The monoisotopic (exact) mass is 319 g/mol. The number of esters is 1. The molecule has 2 aromatic heterocycles. The summed E-state index contributed by atoms with van der Waals surface area (Å²) >= 11 is 0. The van der Waals surface area contributed by atoms with Gasteiger partial charge in [0.1, 0.15) is 5.58 Å². The van der Waals surface area contributed by atoms with Gasteiger partial charge in [-0.25, -0.2) is 4.79 Å². The predicted octanol–water partition coefficient (Wildman–Crippen LogP) is 3.86. The van der Waals surface area contributed by atoms with Crippen LogP contribution in [0.15, 0.2) is 65.2 Å². The summed E-state index contributed by atoms with van der Waals surface area (Å²) < 4.78 is 11.9. The third kappa shape index (κ3) is 2.10. The first-order valence-corrected chi connectivity index (χ1v) is 7.41. The van der Waals surface area contributed by atoms with Crippen LogP contribution in [0, 0.1) is 0 Å². The number of fused-ring (bicyclic) bond motifs is 2. The normalized spacial score (nSPS) is 11.0. The van der Waals surface area contributed by atoms with Gasteiger partial charge in [0.25, 0.3) is 5.91 Å². The first-order chi connectivity index (χ1) is 11.7. The number of methoxy groups -OCH3 is 1. The summed E-state index contributed by atoms with van der Waals surface area (Å²) in [6.07, 6.45) is 1.49. The van der Waals surface area contributed by atoms with E-state index in [1.807, 2.05) is 30.3 Å². The molecule has 4 aromatic rings. The number of hydrogen-bond acceptors (Lipinski definition) is 4. The van der Waals surface area contributed by atoms with Gasteiger partial charge in [0, 0.05) is 17.0 Å². The number of carbonyl (C=O) groups is 2. The summed E-state index contributed by atoms with van der Waals surface area (Å²) in [5.41, 5.74) is 1.62. The van der Waals surface area contributed by atoms with Gasteiger partial charge in [-0.05, 0) is 18.2 Å². The number of benzene rings is 2. The minimum absolute atomic E-state index is 0.216. The molecule has 0 saturated carbocycles. The second-order valence-electron chi connectivity index (χ2n) is 5.38. The Morgan fingerprint density at radius 1 is 1.04 bits per heavy atom. The molecule has 5 nitrogen and oxygen atoms in total. The zero-order chi connectivity index (χ0) is 16.7. The SMILES string of the molecule is COC(=O)c1cn(C(=O)c2cc3ccccc3o2)c2ccccc12. The summed E-state index contributed by atoms with van der Waals surface area (Å²) in [5.74, 6) is -0.603. The van der Waals surface area contributed by atoms with Crippen LogP contribution in [-0.2, 0) is 4.74 Å². The average molecular weight is 319 g/mol. The van der Waals surface area contributed by atoms with Crippen LogP contribution in [0.25, 0.3) is 21.9 Å². The van der Waals surface area contributed by atoms with E-state index in [0.717, 1.165) is 5.39 Å². The molecule has 0 bridgehead atoms. The lowest BCUT2D eigenvalue weighted by Crippen LogP contribution is -2.10. The molecule has 2 aromatic carbocycles. The van der Waals surface area contributed by atoms with Gasteiger partial charge in [0.05, 0.1) is 18.2 Å². The Balaban J connectivity index is 1.89. The molecule has 0 spiro atoms. The lowest BCUT2D eigenvalue weighted by Gasteiger charge is -2.00. The fourth-order valence-corrected chi connectivity index (χ4v) is 2.83. The number of para-hydroxylation sites is 2. The molecule has 0 aliphatic rings. The Bertz CT molecular complexity index is 1050. The quantitative estimate of drug-likeness (QED) is 0.526. The standard InChI is InChI=1S/C19H13NO4/c1-23-19(22)14-11-20(15-8-4-3-7-13(14)15)18(21)17-10-12-6-2-5-9-16(12)24-17/h2-11H,1H3. The van der Waals surface area contributed by atoms with Crippen LogP contribution >= 0.6 is 0 Å². The van der Waals surface area contributed by atoms with E-state index in [1.165, 1.54) is 17.9 Å². The molecule has 0 saturated heterocycles. The molecule has 24 heavy (non-hydrogen) atoms. The highest BCUT2D eigenvalue weighted by Gasteiger charge is 2.21. The van der Waals surface area contributed by atoms with E-state index in [9.17, 15) is 9.59 Å². The van der Waals surface area contributed by atoms with Gasteiger partial charge < -0.3 is 9.15 Å². The zero-order valence-corrected chi connectivity index (χ0v) is 12.9. The fraction of sp³-hybridized carbons (Fsp3) is 0.0526. The predicted molar refractivity (Wildman–Crippen MR) is 89.2 cm³/mol. The molecule has 2 heterocycles. The van der Waals surface area contributed by atoms with Gasteiger partial charge in [-0.15, -0.1) is 0 Å². The van der Waals surface area contributed by atoms with E-state index in [2.05, 4.69) is 0 Å². The van der Waals surface area contributed by atoms with Crippen LogP contribution < -0.4 is 0 Å². The van der Waals surface area contributed by atoms with Crippen LogP contribution in [0.5, 0.6) is 0 Å². The highest BCUT2D eigenvalue weighted by atomic mass is 16.5. The largest absolute Gasteiger partial charge is 0.465 e. The zero-order valence-electron chi connectivity index (χ0n) is 12.9. The number of carbonyl (C=O) groups excluding carboxylic acids is 2. The molecular formula is C19H13NO4. The third-order valence-corrected chi connectivity index (χ3v) is 3.97. The highest BCUT2D eigenvalue weighted by Crippen LogP contribution is 2.25. The van der Waals surface area contributed by atoms with Crippen molar-refractivity contribution < 1.29 is 18.7 Å². The van der Waals surface area contributed by atoms with Crippen molar-refractivity contribution in [3.8, 4) is 0 Å². The van der Waals surface area contributed by atoms with Crippen molar-refractivity contribution in [3.05, 3.63) is 72.1 Å². The van der Waals surface area contributed by atoms with Crippen LogP contribution in [0.1, 0.15) is 20.9 Å². The number of nitrogens with zero attached hydrogens (tertiary/aromatic N) is 1. The lowest BCUT2D eigenvalue weighted by atomic mass is 10.2. The van der Waals surface area contributed by atoms with Gasteiger partial charge in [-0.3, -0.25) is 9.36 Å². The second kappa shape index (κ2) is 5.38. The van der Waals surface area contributed by atoms with Gasteiger partial charge >= 0.3 is 5.97 Å². The molecule has 118 valence electrons. The molecule has 0 aliphatic heterocycles. The maximum atomic E-state index is 12.9. The van der Waals surface area contributed by atoms with E-state index in [1.54, 1.807) is 24.3 Å². The Labute approximate surface area is 137 Å². The van der Waals surface area contributed by atoms with E-state index in [-0.39, 0.29) is 11.7 Å². The summed E-state index contributed by atoms with van der Waals surface area (Å²) in [6.45, 7) is 0. The van der Waals surface area contributed by atoms with Crippen LogP contribution in [0.2, 0.25) is 0 Å². The Kier molecular flexibility index (Phi) is 3.20. The van der Waals surface area contributed by atoms with Crippen molar-refractivity contribution in [3.63, 3.8) is 0 Å². The molecule has 0 unspecified atom stereocenters. The topological polar surface area (TPSA) is 61.4 Å².